The molecule has 10 heteroatoms. The molecule has 4 N–H and O–H groups in total. The van der Waals surface area contributed by atoms with Gasteiger partial charge in [-0.3, -0.25) is 15.6 Å². The molecule has 1 aliphatic rings. The Hall–Kier alpha value is -1.75. The third-order valence-corrected chi connectivity index (χ3v) is 6.31. The van der Waals surface area contributed by atoms with Crippen molar-refractivity contribution >= 4 is 33.3 Å². The topological polar surface area (TPSA) is 95.0 Å². The largest absolute Gasteiger partial charge is 0.362 e. The molecule has 26 heavy (non-hydrogen) atoms. The number of nitrogens with zero attached hydrogens (tertiary/aromatic N) is 1. The maximum Gasteiger partial charge on any atom is 0.293 e. The van der Waals surface area contributed by atoms with Gasteiger partial charge in [0.05, 0.1) is 31.1 Å². The van der Waals surface area contributed by atoms with Crippen LogP contribution in [0.2, 0.25) is 0 Å². The molecule has 1 fully saturated rings. The van der Waals surface area contributed by atoms with E-state index in [0.717, 1.165) is 10.5 Å². The fourth-order valence-corrected chi connectivity index (χ4v) is 4.32. The van der Waals surface area contributed by atoms with E-state index in [4.69, 9.17) is 12.2 Å². The molecule has 0 aliphatic carbocycles. The molecule has 1 aromatic carbocycles. The zero-order valence-corrected chi connectivity index (χ0v) is 16.7. The van der Waals surface area contributed by atoms with E-state index in [-0.39, 0.29) is 12.5 Å². The van der Waals surface area contributed by atoms with E-state index in [1.807, 2.05) is 13.8 Å². The molecule has 0 spiro atoms. The SMILES string of the molecule is CCNC(=S)NNC(=O)C[NH+]1CCN(S(=O)(=O)c2ccc(C)cc2)CC1. The standard InChI is InChI=1S/C16H25N5O3S2/c1-3-17-16(25)19-18-15(22)12-20-8-10-21(11-9-20)26(23,24)14-6-4-13(2)5-7-14/h4-7H,3,8-12H2,1-2H3,(H,18,22)(H2,17,19,25)/p+1. The number of piperazine rings is 1. The van der Waals surface area contributed by atoms with Crippen molar-refractivity contribution in [3.8, 4) is 0 Å². The van der Waals surface area contributed by atoms with Crippen LogP contribution in [0.3, 0.4) is 0 Å². The number of amides is 1. The summed E-state index contributed by atoms with van der Waals surface area (Å²) in [6, 6.07) is 6.86. The van der Waals surface area contributed by atoms with Crippen LogP contribution in [0.1, 0.15) is 12.5 Å². The van der Waals surface area contributed by atoms with Crippen LogP contribution >= 0.6 is 12.2 Å². The zero-order chi connectivity index (χ0) is 19.2. The molecule has 0 aromatic heterocycles. The lowest BCUT2D eigenvalue weighted by molar-refractivity contribution is -0.895. The van der Waals surface area contributed by atoms with Crippen LogP contribution in [-0.4, -0.2) is 63.0 Å². The maximum atomic E-state index is 12.7. The molecular formula is C16H26N5O3S2+. The van der Waals surface area contributed by atoms with Gasteiger partial charge in [0, 0.05) is 6.54 Å². The molecular weight excluding hydrogens is 374 g/mol. The predicted molar refractivity (Wildman–Crippen MR) is 103 cm³/mol. The number of carbonyl (C=O) groups excluding carboxylic acids is 1. The molecule has 0 unspecified atom stereocenters. The van der Waals surface area contributed by atoms with Crippen LogP contribution in [0.25, 0.3) is 0 Å². The van der Waals surface area contributed by atoms with E-state index in [1.54, 1.807) is 24.3 Å². The number of aryl methyl sites for hydroxylation is 1. The summed E-state index contributed by atoms with van der Waals surface area (Å²) in [6.45, 7) is 6.70. The number of hydrogen-bond donors (Lipinski definition) is 4. The summed E-state index contributed by atoms with van der Waals surface area (Å²) in [7, 11) is -3.48. The Morgan fingerprint density at radius 1 is 1.19 bits per heavy atom. The van der Waals surface area contributed by atoms with E-state index in [2.05, 4.69) is 16.2 Å². The minimum Gasteiger partial charge on any atom is -0.362 e. The van der Waals surface area contributed by atoms with Crippen LogP contribution in [0.5, 0.6) is 0 Å². The highest BCUT2D eigenvalue weighted by Crippen LogP contribution is 2.16. The molecule has 1 amide bonds. The van der Waals surface area contributed by atoms with Gasteiger partial charge in [0.1, 0.15) is 0 Å². The molecule has 1 aromatic rings. The number of quaternary nitrogens is 1. The summed E-state index contributed by atoms with van der Waals surface area (Å²) >= 11 is 4.97. The average Bonchev–Trinajstić information content (AvgIpc) is 2.61. The second-order valence-corrected chi connectivity index (χ2v) is 8.52. The van der Waals surface area contributed by atoms with Gasteiger partial charge < -0.3 is 10.2 Å². The van der Waals surface area contributed by atoms with Gasteiger partial charge in [-0.1, -0.05) is 17.7 Å². The number of hydrogen-bond acceptors (Lipinski definition) is 4. The summed E-state index contributed by atoms with van der Waals surface area (Å²) in [4.78, 5) is 13.3. The van der Waals surface area contributed by atoms with Crippen molar-refractivity contribution < 1.29 is 18.1 Å². The van der Waals surface area contributed by atoms with Gasteiger partial charge in [-0.05, 0) is 38.2 Å². The lowest BCUT2D eigenvalue weighted by atomic mass is 10.2. The maximum absolute atomic E-state index is 12.7. The second-order valence-electron chi connectivity index (χ2n) is 6.18. The second kappa shape index (κ2) is 9.26. The molecule has 0 atom stereocenters. The van der Waals surface area contributed by atoms with Crippen LogP contribution in [0.4, 0.5) is 0 Å². The van der Waals surface area contributed by atoms with Crippen LogP contribution < -0.4 is 21.1 Å². The van der Waals surface area contributed by atoms with Gasteiger partial charge >= 0.3 is 0 Å². The molecule has 1 aliphatic heterocycles. The van der Waals surface area contributed by atoms with E-state index in [1.165, 1.54) is 4.31 Å². The first-order valence-electron chi connectivity index (χ1n) is 8.56. The highest BCUT2D eigenvalue weighted by molar-refractivity contribution is 7.89. The van der Waals surface area contributed by atoms with Gasteiger partial charge in [-0.2, -0.15) is 4.31 Å². The Morgan fingerprint density at radius 3 is 2.38 bits per heavy atom. The fraction of sp³-hybridized carbons (Fsp3) is 0.500. The minimum atomic E-state index is -3.48. The van der Waals surface area contributed by atoms with E-state index in [9.17, 15) is 13.2 Å². The van der Waals surface area contributed by atoms with Crippen molar-refractivity contribution in [1.82, 2.24) is 20.5 Å². The van der Waals surface area contributed by atoms with Crippen molar-refractivity contribution in [1.29, 1.82) is 0 Å². The number of hydrazine groups is 1. The third-order valence-electron chi connectivity index (χ3n) is 4.15. The molecule has 0 saturated carbocycles. The van der Waals surface area contributed by atoms with Gasteiger partial charge in [-0.15, -0.1) is 0 Å². The molecule has 1 heterocycles. The first-order chi connectivity index (χ1) is 12.3. The van der Waals surface area contributed by atoms with E-state index >= 15 is 0 Å². The Kier molecular flexibility index (Phi) is 7.33. The molecule has 144 valence electrons. The quantitative estimate of drug-likeness (QED) is 0.351. The summed E-state index contributed by atoms with van der Waals surface area (Å²) in [5.74, 6) is -0.185. The number of sulfonamides is 1. The van der Waals surface area contributed by atoms with Gasteiger partial charge in [0.15, 0.2) is 11.7 Å². The first kappa shape index (κ1) is 20.6. The van der Waals surface area contributed by atoms with Crippen molar-refractivity contribution in [2.45, 2.75) is 18.7 Å². The molecule has 0 bridgehead atoms. The summed E-state index contributed by atoms with van der Waals surface area (Å²) in [5, 5.41) is 3.24. The lowest BCUT2D eigenvalue weighted by Gasteiger charge is -2.31. The number of nitrogens with one attached hydrogen (secondary N) is 4. The number of benzene rings is 1. The number of rotatable bonds is 5. The normalized spacial score (nSPS) is 16.1. The number of carbonyl (C=O) groups is 1. The Bertz CT molecular complexity index is 729. The highest BCUT2D eigenvalue weighted by Gasteiger charge is 2.31. The average molecular weight is 401 g/mol. The lowest BCUT2D eigenvalue weighted by Crippen LogP contribution is -3.16. The summed E-state index contributed by atoms with van der Waals surface area (Å²) < 4.78 is 26.8. The highest BCUT2D eigenvalue weighted by atomic mass is 32.2. The van der Waals surface area contributed by atoms with Crippen molar-refractivity contribution in [3.63, 3.8) is 0 Å². The summed E-state index contributed by atoms with van der Waals surface area (Å²) in [5.41, 5.74) is 6.19. The van der Waals surface area contributed by atoms with E-state index in [0.29, 0.717) is 42.7 Å². The zero-order valence-electron chi connectivity index (χ0n) is 15.0. The predicted octanol–water partition coefficient (Wildman–Crippen LogP) is -1.60. The van der Waals surface area contributed by atoms with Gasteiger partial charge in [0.25, 0.3) is 5.91 Å². The van der Waals surface area contributed by atoms with Crippen LogP contribution in [-0.2, 0) is 14.8 Å². The first-order valence-corrected chi connectivity index (χ1v) is 10.4. The van der Waals surface area contributed by atoms with Crippen LogP contribution in [0.15, 0.2) is 29.2 Å². The Morgan fingerprint density at radius 2 is 1.81 bits per heavy atom. The van der Waals surface area contributed by atoms with Crippen molar-refractivity contribution in [3.05, 3.63) is 29.8 Å². The van der Waals surface area contributed by atoms with Crippen molar-refractivity contribution in [2.75, 3.05) is 39.3 Å². The monoisotopic (exact) mass is 400 g/mol. The Balaban J connectivity index is 1.82. The summed E-state index contributed by atoms with van der Waals surface area (Å²) in [6.07, 6.45) is 0. The van der Waals surface area contributed by atoms with Gasteiger partial charge in [-0.25, -0.2) is 8.42 Å². The van der Waals surface area contributed by atoms with Gasteiger partial charge in [0.2, 0.25) is 10.0 Å². The molecule has 1 saturated heterocycles. The van der Waals surface area contributed by atoms with Crippen molar-refractivity contribution in [2.24, 2.45) is 0 Å². The molecule has 2 rings (SSSR count). The molecule has 0 radical (unpaired) electrons. The Labute approximate surface area is 159 Å². The number of thiocarbonyl (C=S) groups is 1. The third kappa shape index (κ3) is 5.63. The fourth-order valence-electron chi connectivity index (χ4n) is 2.68. The molecule has 8 nitrogen and oxygen atoms in total. The van der Waals surface area contributed by atoms with Crippen LogP contribution in [0, 0.1) is 6.92 Å². The van der Waals surface area contributed by atoms with E-state index < -0.39 is 10.0 Å². The minimum absolute atomic E-state index is 0.185. The smallest absolute Gasteiger partial charge is 0.293 e.